The molecule has 0 unspecified atom stereocenters. The molecule has 1 saturated carbocycles. The lowest BCUT2D eigenvalue weighted by molar-refractivity contribution is -0.115. The third-order valence-corrected chi connectivity index (χ3v) is 5.31. The summed E-state index contributed by atoms with van der Waals surface area (Å²) in [5, 5.41) is -0.750. The SMILES string of the molecule is CCN(/C=C/C1=C(Cl)C(=O)C(Cl)=C(Cl)C1=O)C1CCCCC1. The summed E-state index contributed by atoms with van der Waals surface area (Å²) >= 11 is 17.5. The van der Waals surface area contributed by atoms with Crippen LogP contribution in [0.25, 0.3) is 0 Å². The maximum atomic E-state index is 12.1. The van der Waals surface area contributed by atoms with Crippen molar-refractivity contribution in [2.45, 2.75) is 45.1 Å². The van der Waals surface area contributed by atoms with Gasteiger partial charge in [-0.15, -0.1) is 0 Å². The van der Waals surface area contributed by atoms with E-state index in [-0.39, 0.29) is 20.7 Å². The zero-order valence-electron chi connectivity index (χ0n) is 12.4. The van der Waals surface area contributed by atoms with Crippen LogP contribution in [0.3, 0.4) is 0 Å². The second-order valence-corrected chi connectivity index (χ2v) is 6.59. The molecule has 0 atom stereocenters. The predicted octanol–water partition coefficient (Wildman–Crippen LogP) is 4.49. The van der Waals surface area contributed by atoms with Gasteiger partial charge in [-0.25, -0.2) is 0 Å². The molecule has 0 amide bonds. The summed E-state index contributed by atoms with van der Waals surface area (Å²) in [5.74, 6) is -1.11. The van der Waals surface area contributed by atoms with Gasteiger partial charge in [0, 0.05) is 24.4 Å². The lowest BCUT2D eigenvalue weighted by atomic mass is 9.94. The first-order valence-electron chi connectivity index (χ1n) is 7.45. The van der Waals surface area contributed by atoms with Gasteiger partial charge < -0.3 is 4.90 Å². The molecule has 2 aliphatic carbocycles. The smallest absolute Gasteiger partial charge is 0.218 e. The Labute approximate surface area is 145 Å². The van der Waals surface area contributed by atoms with Crippen molar-refractivity contribution in [1.29, 1.82) is 0 Å². The minimum atomic E-state index is -0.603. The molecule has 2 aliphatic rings. The van der Waals surface area contributed by atoms with E-state index in [0.29, 0.717) is 6.04 Å². The van der Waals surface area contributed by atoms with Crippen molar-refractivity contribution in [3.05, 3.63) is 32.9 Å². The van der Waals surface area contributed by atoms with Crippen molar-refractivity contribution >= 4 is 46.4 Å². The second kappa shape index (κ2) is 7.67. The van der Waals surface area contributed by atoms with Crippen LogP contribution in [0.5, 0.6) is 0 Å². The van der Waals surface area contributed by atoms with Crippen LogP contribution in [-0.4, -0.2) is 29.1 Å². The highest BCUT2D eigenvalue weighted by molar-refractivity contribution is 6.64. The van der Waals surface area contributed by atoms with Crippen LogP contribution in [0.1, 0.15) is 39.0 Å². The van der Waals surface area contributed by atoms with Crippen LogP contribution in [0, 0.1) is 0 Å². The maximum absolute atomic E-state index is 12.1. The molecule has 1 fully saturated rings. The number of rotatable bonds is 4. The predicted molar refractivity (Wildman–Crippen MR) is 90.0 cm³/mol. The first-order chi connectivity index (χ1) is 10.5. The Morgan fingerprint density at radius 2 is 1.59 bits per heavy atom. The molecule has 0 N–H and O–H groups in total. The number of allylic oxidation sites excluding steroid dienone is 5. The van der Waals surface area contributed by atoms with Crippen molar-refractivity contribution in [2.75, 3.05) is 6.54 Å². The molecule has 0 bridgehead atoms. The average molecular weight is 363 g/mol. The summed E-state index contributed by atoms with van der Waals surface area (Å²) in [6.07, 6.45) is 9.42. The number of halogens is 3. The standard InChI is InChI=1S/C16H18Cl3NO2/c1-2-20(10-6-4-3-5-7-10)9-8-11-12(17)16(22)14(19)13(18)15(11)21/h8-10H,2-7H2,1H3/b9-8+. The number of carbonyl (C=O) groups is 2. The highest BCUT2D eigenvalue weighted by Crippen LogP contribution is 2.32. The Bertz CT molecular complexity index is 572. The molecule has 2 rings (SSSR count). The number of hydrogen-bond acceptors (Lipinski definition) is 3. The fraction of sp³-hybridized carbons (Fsp3) is 0.500. The molecule has 0 radical (unpaired) electrons. The lowest BCUT2D eigenvalue weighted by Gasteiger charge is -2.32. The van der Waals surface area contributed by atoms with Crippen molar-refractivity contribution in [1.82, 2.24) is 4.90 Å². The molecule has 22 heavy (non-hydrogen) atoms. The van der Waals surface area contributed by atoms with Crippen molar-refractivity contribution in [3.8, 4) is 0 Å². The third-order valence-electron chi connectivity index (χ3n) is 4.11. The largest absolute Gasteiger partial charge is 0.375 e. The van der Waals surface area contributed by atoms with Gasteiger partial charge >= 0.3 is 0 Å². The fourth-order valence-electron chi connectivity index (χ4n) is 2.85. The van der Waals surface area contributed by atoms with Crippen LogP contribution in [0.15, 0.2) is 32.9 Å². The van der Waals surface area contributed by atoms with E-state index in [1.807, 2.05) is 6.20 Å². The Kier molecular flexibility index (Phi) is 6.13. The number of hydrogen-bond donors (Lipinski definition) is 0. The second-order valence-electron chi connectivity index (χ2n) is 5.45. The van der Waals surface area contributed by atoms with Crippen LogP contribution in [-0.2, 0) is 9.59 Å². The molecule has 0 aliphatic heterocycles. The highest BCUT2D eigenvalue weighted by atomic mass is 35.5. The highest BCUT2D eigenvalue weighted by Gasteiger charge is 2.31. The quantitative estimate of drug-likeness (QED) is 0.692. The van der Waals surface area contributed by atoms with E-state index in [2.05, 4.69) is 11.8 Å². The van der Waals surface area contributed by atoms with Gasteiger partial charge in [-0.05, 0) is 25.8 Å². The van der Waals surface area contributed by atoms with Gasteiger partial charge in [0.05, 0.1) is 0 Å². The molecule has 3 nitrogen and oxygen atoms in total. The molecule has 0 heterocycles. The Morgan fingerprint density at radius 3 is 2.18 bits per heavy atom. The Balaban J connectivity index is 2.20. The molecular formula is C16H18Cl3NO2. The number of ketones is 2. The van der Waals surface area contributed by atoms with E-state index in [9.17, 15) is 9.59 Å². The topological polar surface area (TPSA) is 37.4 Å². The summed E-state index contributed by atoms with van der Waals surface area (Å²) in [6, 6.07) is 0.471. The van der Waals surface area contributed by atoms with Crippen molar-refractivity contribution in [2.24, 2.45) is 0 Å². The molecule has 0 aromatic carbocycles. The summed E-state index contributed by atoms with van der Waals surface area (Å²) < 4.78 is 0. The maximum Gasteiger partial charge on any atom is 0.218 e. The molecule has 6 heteroatoms. The minimum absolute atomic E-state index is 0.107. The van der Waals surface area contributed by atoms with Crippen molar-refractivity contribution < 1.29 is 9.59 Å². The first kappa shape index (κ1) is 17.6. The molecule has 0 aromatic rings. The van der Waals surface area contributed by atoms with E-state index < -0.39 is 11.6 Å². The zero-order chi connectivity index (χ0) is 16.3. The normalized spacial score (nSPS) is 21.3. The van der Waals surface area contributed by atoms with Crippen LogP contribution >= 0.6 is 34.8 Å². The monoisotopic (exact) mass is 361 g/mol. The first-order valence-corrected chi connectivity index (χ1v) is 8.59. The third kappa shape index (κ3) is 3.58. The van der Waals surface area contributed by atoms with E-state index in [4.69, 9.17) is 34.8 Å². The summed E-state index contributed by atoms with van der Waals surface area (Å²) in [7, 11) is 0. The Hall–Kier alpha value is -0.770. The van der Waals surface area contributed by atoms with Crippen LogP contribution in [0.4, 0.5) is 0 Å². The lowest BCUT2D eigenvalue weighted by Crippen LogP contribution is -2.32. The van der Waals surface area contributed by atoms with E-state index in [0.717, 1.165) is 19.4 Å². The van der Waals surface area contributed by atoms with Gasteiger partial charge in [0.25, 0.3) is 0 Å². The van der Waals surface area contributed by atoms with Crippen molar-refractivity contribution in [3.63, 3.8) is 0 Å². The Morgan fingerprint density at radius 1 is 1.00 bits per heavy atom. The van der Waals surface area contributed by atoms with Gasteiger partial charge in [0.2, 0.25) is 11.6 Å². The molecular weight excluding hydrogens is 345 g/mol. The van der Waals surface area contributed by atoms with Gasteiger partial charge in [-0.3, -0.25) is 9.59 Å². The van der Waals surface area contributed by atoms with Gasteiger partial charge in [-0.2, -0.15) is 0 Å². The molecule has 0 saturated heterocycles. The number of nitrogens with zero attached hydrogens (tertiary/aromatic N) is 1. The summed E-state index contributed by atoms with van der Waals surface area (Å²) in [4.78, 5) is 26.2. The van der Waals surface area contributed by atoms with E-state index in [1.165, 1.54) is 19.3 Å². The fourth-order valence-corrected chi connectivity index (χ4v) is 3.51. The average Bonchev–Trinajstić information content (AvgIpc) is 2.55. The van der Waals surface area contributed by atoms with Gasteiger partial charge in [-0.1, -0.05) is 54.1 Å². The number of Topliss-reactive ketones (excluding diaryl/α,β-unsaturated/α-hetero) is 2. The molecule has 0 aromatic heterocycles. The van der Waals surface area contributed by atoms with Gasteiger partial charge in [0.15, 0.2) is 0 Å². The van der Waals surface area contributed by atoms with E-state index in [1.54, 1.807) is 6.08 Å². The molecule has 0 spiro atoms. The van der Waals surface area contributed by atoms with Gasteiger partial charge in [0.1, 0.15) is 15.1 Å². The van der Waals surface area contributed by atoms with E-state index >= 15 is 0 Å². The van der Waals surface area contributed by atoms with Crippen LogP contribution in [0.2, 0.25) is 0 Å². The summed E-state index contributed by atoms with van der Waals surface area (Å²) in [5.41, 5.74) is 0.107. The minimum Gasteiger partial charge on any atom is -0.375 e. The zero-order valence-corrected chi connectivity index (χ0v) is 14.6. The number of carbonyl (C=O) groups excluding carboxylic acids is 2. The van der Waals surface area contributed by atoms with Crippen LogP contribution < -0.4 is 0 Å². The molecule has 120 valence electrons. The summed E-state index contributed by atoms with van der Waals surface area (Å²) in [6.45, 7) is 2.89.